The molecule has 3 N–H and O–H groups in total. The highest BCUT2D eigenvalue weighted by Crippen LogP contribution is 2.06. The first-order valence-corrected chi connectivity index (χ1v) is 4.17. The second-order valence-corrected chi connectivity index (χ2v) is 2.87. The molecule has 5 nitrogen and oxygen atoms in total. The topological polar surface area (TPSA) is 67.1 Å². The summed E-state index contributed by atoms with van der Waals surface area (Å²) in [5, 5.41) is 3.04. The van der Waals surface area contributed by atoms with Crippen LogP contribution in [0.15, 0.2) is 12.4 Å². The van der Waals surface area contributed by atoms with Gasteiger partial charge in [-0.15, -0.1) is 0 Å². The molecule has 13 heavy (non-hydrogen) atoms. The average molecular weight is 181 g/mol. The van der Waals surface area contributed by atoms with Crippen molar-refractivity contribution in [1.29, 1.82) is 0 Å². The third kappa shape index (κ3) is 2.87. The maximum Gasteiger partial charge on any atom is 0.146 e. The molecular weight excluding hydrogens is 166 g/mol. The molecule has 1 heterocycles. The van der Waals surface area contributed by atoms with E-state index in [1.165, 1.54) is 0 Å². The third-order valence-electron chi connectivity index (χ3n) is 1.55. The second kappa shape index (κ2) is 4.61. The van der Waals surface area contributed by atoms with Gasteiger partial charge < -0.3 is 16.0 Å². The number of nitrogens with two attached hydrogens (primary N) is 1. The molecule has 0 spiro atoms. The van der Waals surface area contributed by atoms with Crippen molar-refractivity contribution in [2.75, 3.05) is 37.4 Å². The summed E-state index contributed by atoms with van der Waals surface area (Å²) >= 11 is 0. The van der Waals surface area contributed by atoms with E-state index in [2.05, 4.69) is 15.3 Å². The molecule has 1 aromatic rings. The van der Waals surface area contributed by atoms with E-state index in [0.29, 0.717) is 6.54 Å². The lowest BCUT2D eigenvalue weighted by Gasteiger charge is -2.10. The van der Waals surface area contributed by atoms with Crippen molar-refractivity contribution in [3.05, 3.63) is 12.4 Å². The Hall–Kier alpha value is -1.36. The van der Waals surface area contributed by atoms with Crippen molar-refractivity contribution in [3.63, 3.8) is 0 Å². The molecule has 72 valence electrons. The number of nitrogens with one attached hydrogen (secondary N) is 1. The van der Waals surface area contributed by atoms with Crippen LogP contribution >= 0.6 is 0 Å². The fourth-order valence-electron chi connectivity index (χ4n) is 0.844. The highest BCUT2D eigenvalue weighted by Gasteiger charge is 1.97. The molecule has 0 atom stereocenters. The molecular formula is C8H15N5. The van der Waals surface area contributed by atoms with Crippen LogP contribution < -0.4 is 16.0 Å². The minimum absolute atomic E-state index is 0.594. The monoisotopic (exact) mass is 181 g/mol. The predicted octanol–water partition coefficient (Wildman–Crippen LogP) is -0.0868. The van der Waals surface area contributed by atoms with Crippen molar-refractivity contribution >= 4 is 11.6 Å². The van der Waals surface area contributed by atoms with Crippen LogP contribution in [0.2, 0.25) is 0 Å². The molecule has 0 aromatic carbocycles. The summed E-state index contributed by atoms with van der Waals surface area (Å²) in [6.07, 6.45) is 3.42. The molecule has 0 saturated heterocycles. The van der Waals surface area contributed by atoms with Crippen LogP contribution in [0.4, 0.5) is 11.6 Å². The van der Waals surface area contributed by atoms with Crippen molar-refractivity contribution in [3.8, 4) is 0 Å². The molecule has 5 heteroatoms. The van der Waals surface area contributed by atoms with Gasteiger partial charge in [0.2, 0.25) is 0 Å². The number of hydrogen-bond donors (Lipinski definition) is 2. The van der Waals surface area contributed by atoms with Gasteiger partial charge in [-0.3, -0.25) is 0 Å². The van der Waals surface area contributed by atoms with Gasteiger partial charge in [0.25, 0.3) is 0 Å². The Labute approximate surface area is 78.0 Å². The SMILES string of the molecule is CN(C)c1cnc(NCCN)cn1. The van der Waals surface area contributed by atoms with Crippen LogP contribution in [0.1, 0.15) is 0 Å². The molecule has 0 fully saturated rings. The van der Waals surface area contributed by atoms with Gasteiger partial charge in [0.15, 0.2) is 0 Å². The van der Waals surface area contributed by atoms with E-state index in [-0.39, 0.29) is 0 Å². The number of rotatable bonds is 4. The Morgan fingerprint density at radius 1 is 1.38 bits per heavy atom. The molecule has 0 aliphatic rings. The van der Waals surface area contributed by atoms with Crippen LogP contribution in [0.3, 0.4) is 0 Å². The predicted molar refractivity (Wildman–Crippen MR) is 53.9 cm³/mol. The second-order valence-electron chi connectivity index (χ2n) is 2.87. The minimum Gasteiger partial charge on any atom is -0.368 e. The quantitative estimate of drug-likeness (QED) is 0.679. The fraction of sp³-hybridized carbons (Fsp3) is 0.500. The maximum atomic E-state index is 5.34. The van der Waals surface area contributed by atoms with Crippen molar-refractivity contribution in [2.45, 2.75) is 0 Å². The summed E-state index contributed by atoms with van der Waals surface area (Å²) in [5.41, 5.74) is 5.34. The lowest BCUT2D eigenvalue weighted by molar-refractivity contribution is 0.992. The van der Waals surface area contributed by atoms with Crippen LogP contribution in [0, 0.1) is 0 Å². The summed E-state index contributed by atoms with van der Waals surface area (Å²) in [6, 6.07) is 0. The highest BCUT2D eigenvalue weighted by molar-refractivity contribution is 5.39. The fourth-order valence-corrected chi connectivity index (χ4v) is 0.844. The number of hydrogen-bond acceptors (Lipinski definition) is 5. The largest absolute Gasteiger partial charge is 0.368 e. The summed E-state index contributed by atoms with van der Waals surface area (Å²) < 4.78 is 0. The van der Waals surface area contributed by atoms with Gasteiger partial charge in [-0.05, 0) is 0 Å². The Bertz CT molecular complexity index is 243. The van der Waals surface area contributed by atoms with Gasteiger partial charge in [0.05, 0.1) is 12.4 Å². The zero-order chi connectivity index (χ0) is 9.68. The van der Waals surface area contributed by atoms with Crippen molar-refractivity contribution < 1.29 is 0 Å². The summed E-state index contributed by atoms with van der Waals surface area (Å²) in [5.74, 6) is 1.61. The third-order valence-corrected chi connectivity index (χ3v) is 1.55. The summed E-state index contributed by atoms with van der Waals surface area (Å²) in [7, 11) is 3.86. The molecule has 0 saturated carbocycles. The highest BCUT2D eigenvalue weighted by atomic mass is 15.2. The number of nitrogens with zero attached hydrogens (tertiary/aromatic N) is 3. The molecule has 0 aliphatic carbocycles. The van der Waals surface area contributed by atoms with Crippen molar-refractivity contribution in [1.82, 2.24) is 9.97 Å². The van der Waals surface area contributed by atoms with E-state index in [1.807, 2.05) is 19.0 Å². The molecule has 0 radical (unpaired) electrons. The molecule has 1 rings (SSSR count). The zero-order valence-electron chi connectivity index (χ0n) is 7.99. The Kier molecular flexibility index (Phi) is 3.45. The number of aromatic nitrogens is 2. The lowest BCUT2D eigenvalue weighted by atomic mass is 10.5. The molecule has 0 aliphatic heterocycles. The van der Waals surface area contributed by atoms with Crippen molar-refractivity contribution in [2.24, 2.45) is 5.73 Å². The lowest BCUT2D eigenvalue weighted by Crippen LogP contribution is -2.15. The molecule has 0 bridgehead atoms. The van der Waals surface area contributed by atoms with E-state index in [4.69, 9.17) is 5.73 Å². The van der Waals surface area contributed by atoms with Crippen LogP contribution in [-0.4, -0.2) is 37.2 Å². The average Bonchev–Trinajstić information content (AvgIpc) is 2.15. The first-order chi connectivity index (χ1) is 6.24. The van der Waals surface area contributed by atoms with Crippen LogP contribution in [0.25, 0.3) is 0 Å². The zero-order valence-corrected chi connectivity index (χ0v) is 7.99. The normalized spacial score (nSPS) is 9.77. The van der Waals surface area contributed by atoms with Crippen LogP contribution in [0.5, 0.6) is 0 Å². The summed E-state index contributed by atoms with van der Waals surface area (Å²) in [4.78, 5) is 10.3. The molecule has 0 amide bonds. The summed E-state index contributed by atoms with van der Waals surface area (Å²) in [6.45, 7) is 1.31. The molecule has 0 unspecified atom stereocenters. The van der Waals surface area contributed by atoms with Gasteiger partial charge in [-0.2, -0.15) is 0 Å². The van der Waals surface area contributed by atoms with Gasteiger partial charge >= 0.3 is 0 Å². The molecule has 1 aromatic heterocycles. The van der Waals surface area contributed by atoms with Gasteiger partial charge in [0.1, 0.15) is 11.6 Å². The Morgan fingerprint density at radius 3 is 2.62 bits per heavy atom. The van der Waals surface area contributed by atoms with E-state index in [1.54, 1.807) is 12.4 Å². The standard InChI is InChI=1S/C8H15N5/c1-13(2)8-6-11-7(5-12-8)10-4-3-9/h5-6H,3-4,9H2,1-2H3,(H,10,11). The van der Waals surface area contributed by atoms with Crippen LogP contribution in [-0.2, 0) is 0 Å². The van der Waals surface area contributed by atoms with E-state index < -0.39 is 0 Å². The van der Waals surface area contributed by atoms with Gasteiger partial charge in [-0.25, -0.2) is 9.97 Å². The first kappa shape index (κ1) is 9.73. The number of anilines is 2. The Morgan fingerprint density at radius 2 is 2.15 bits per heavy atom. The van der Waals surface area contributed by atoms with E-state index in [9.17, 15) is 0 Å². The van der Waals surface area contributed by atoms with Gasteiger partial charge in [0, 0.05) is 27.2 Å². The van der Waals surface area contributed by atoms with E-state index >= 15 is 0 Å². The maximum absolute atomic E-state index is 5.34. The Balaban J connectivity index is 2.59. The van der Waals surface area contributed by atoms with Gasteiger partial charge in [-0.1, -0.05) is 0 Å². The minimum atomic E-state index is 0.594. The smallest absolute Gasteiger partial charge is 0.146 e. The first-order valence-electron chi connectivity index (χ1n) is 4.17. The van der Waals surface area contributed by atoms with E-state index in [0.717, 1.165) is 18.2 Å².